The van der Waals surface area contributed by atoms with Crippen LogP contribution >= 0.6 is 15.9 Å². The summed E-state index contributed by atoms with van der Waals surface area (Å²) in [4.78, 5) is 4.44. The molecule has 1 heterocycles. The van der Waals surface area contributed by atoms with E-state index in [1.54, 1.807) is 18.2 Å². The molecule has 0 bridgehead atoms. The van der Waals surface area contributed by atoms with Gasteiger partial charge in [-0.2, -0.15) is 0 Å². The van der Waals surface area contributed by atoms with Gasteiger partial charge < -0.3 is 9.88 Å². The van der Waals surface area contributed by atoms with Gasteiger partial charge in [0.05, 0.1) is 11.3 Å². The van der Waals surface area contributed by atoms with Crippen LogP contribution in [0.15, 0.2) is 28.9 Å². The molecule has 1 aromatic carbocycles. The zero-order valence-electron chi connectivity index (χ0n) is 9.67. The molecule has 0 aliphatic heterocycles. The van der Waals surface area contributed by atoms with Gasteiger partial charge in [-0.1, -0.05) is 12.1 Å². The predicted octanol–water partition coefficient (Wildman–Crippen LogP) is 2.71. The average Bonchev–Trinajstić information content (AvgIpc) is 2.59. The van der Waals surface area contributed by atoms with Crippen molar-refractivity contribution in [3.63, 3.8) is 0 Å². The molecule has 1 aromatic heterocycles. The first-order valence-electron chi connectivity index (χ1n) is 5.25. The fourth-order valence-corrected chi connectivity index (χ4v) is 2.10. The SMILES string of the molecule is CNCc1nc(-c2ccccc2F)n(C)c1Br. The zero-order chi connectivity index (χ0) is 12.4. The van der Waals surface area contributed by atoms with Crippen molar-refractivity contribution in [1.82, 2.24) is 14.9 Å². The molecule has 90 valence electrons. The summed E-state index contributed by atoms with van der Waals surface area (Å²) in [6.45, 7) is 0.642. The van der Waals surface area contributed by atoms with Crippen LogP contribution in [0.25, 0.3) is 11.4 Å². The van der Waals surface area contributed by atoms with Gasteiger partial charge in [-0.3, -0.25) is 0 Å². The van der Waals surface area contributed by atoms with Gasteiger partial charge in [-0.05, 0) is 35.1 Å². The van der Waals surface area contributed by atoms with Gasteiger partial charge in [0.1, 0.15) is 16.2 Å². The van der Waals surface area contributed by atoms with Crippen molar-refractivity contribution in [2.24, 2.45) is 7.05 Å². The molecule has 2 aromatic rings. The second-order valence-corrected chi connectivity index (χ2v) is 4.49. The lowest BCUT2D eigenvalue weighted by Gasteiger charge is -2.03. The van der Waals surface area contributed by atoms with Crippen LogP contribution in [0.2, 0.25) is 0 Å². The first-order chi connectivity index (χ1) is 8.15. The number of halogens is 2. The fraction of sp³-hybridized carbons (Fsp3) is 0.250. The molecule has 0 atom stereocenters. The highest BCUT2D eigenvalue weighted by atomic mass is 79.9. The monoisotopic (exact) mass is 297 g/mol. The van der Waals surface area contributed by atoms with Crippen LogP contribution < -0.4 is 5.32 Å². The largest absolute Gasteiger partial charge is 0.322 e. The van der Waals surface area contributed by atoms with Crippen molar-refractivity contribution in [3.8, 4) is 11.4 Å². The summed E-state index contributed by atoms with van der Waals surface area (Å²) in [6.07, 6.45) is 0. The molecule has 1 N–H and O–H groups in total. The van der Waals surface area contributed by atoms with E-state index >= 15 is 0 Å². The molecular formula is C12H13BrFN3. The Kier molecular flexibility index (Phi) is 3.59. The summed E-state index contributed by atoms with van der Waals surface area (Å²) in [6, 6.07) is 6.65. The standard InChI is InChI=1S/C12H13BrFN3/c1-15-7-10-11(13)17(2)12(16-10)8-5-3-4-6-9(8)14/h3-6,15H,7H2,1-2H3. The quantitative estimate of drug-likeness (QED) is 0.944. The summed E-state index contributed by atoms with van der Waals surface area (Å²) in [5.41, 5.74) is 1.38. The highest BCUT2D eigenvalue weighted by Gasteiger charge is 2.15. The first-order valence-corrected chi connectivity index (χ1v) is 6.05. The van der Waals surface area contributed by atoms with Crippen LogP contribution in [0.1, 0.15) is 5.69 Å². The van der Waals surface area contributed by atoms with E-state index in [0.717, 1.165) is 10.3 Å². The number of nitrogens with zero attached hydrogens (tertiary/aromatic N) is 2. The maximum atomic E-state index is 13.7. The average molecular weight is 298 g/mol. The highest BCUT2D eigenvalue weighted by Crippen LogP contribution is 2.26. The number of nitrogens with one attached hydrogen (secondary N) is 1. The first kappa shape index (κ1) is 12.3. The lowest BCUT2D eigenvalue weighted by atomic mass is 10.2. The van der Waals surface area contributed by atoms with Crippen LogP contribution in [0.3, 0.4) is 0 Å². The van der Waals surface area contributed by atoms with Gasteiger partial charge in [0.2, 0.25) is 0 Å². The summed E-state index contributed by atoms with van der Waals surface area (Å²) in [5, 5.41) is 3.03. The molecule has 0 radical (unpaired) electrons. The van der Waals surface area contributed by atoms with E-state index < -0.39 is 0 Å². The minimum atomic E-state index is -0.260. The molecule has 3 nitrogen and oxygen atoms in total. The summed E-state index contributed by atoms with van der Waals surface area (Å²) < 4.78 is 16.4. The molecular weight excluding hydrogens is 285 g/mol. The minimum Gasteiger partial charge on any atom is -0.322 e. The number of rotatable bonds is 3. The Morgan fingerprint density at radius 2 is 2.12 bits per heavy atom. The van der Waals surface area contributed by atoms with Crippen molar-refractivity contribution in [2.75, 3.05) is 7.05 Å². The van der Waals surface area contributed by atoms with Crippen LogP contribution in [0.4, 0.5) is 4.39 Å². The second kappa shape index (κ2) is 4.98. The minimum absolute atomic E-state index is 0.260. The van der Waals surface area contributed by atoms with Gasteiger partial charge in [-0.15, -0.1) is 0 Å². The van der Waals surface area contributed by atoms with Gasteiger partial charge in [0.25, 0.3) is 0 Å². The normalized spacial score (nSPS) is 10.8. The van der Waals surface area contributed by atoms with Gasteiger partial charge in [-0.25, -0.2) is 9.37 Å². The molecule has 0 unspecified atom stereocenters. The topological polar surface area (TPSA) is 29.9 Å². The van der Waals surface area contributed by atoms with Gasteiger partial charge in [0, 0.05) is 13.6 Å². The van der Waals surface area contributed by atoms with E-state index in [4.69, 9.17) is 0 Å². The Labute approximate surface area is 108 Å². The van der Waals surface area contributed by atoms with Crippen LogP contribution in [-0.4, -0.2) is 16.6 Å². The van der Waals surface area contributed by atoms with Crippen LogP contribution in [-0.2, 0) is 13.6 Å². The number of aromatic nitrogens is 2. The second-order valence-electron chi connectivity index (χ2n) is 3.74. The molecule has 17 heavy (non-hydrogen) atoms. The molecule has 0 amide bonds. The highest BCUT2D eigenvalue weighted by molar-refractivity contribution is 9.10. The molecule has 0 fully saturated rings. The number of hydrogen-bond acceptors (Lipinski definition) is 2. The van der Waals surface area contributed by atoms with Crippen LogP contribution in [0.5, 0.6) is 0 Å². The maximum Gasteiger partial charge on any atom is 0.143 e. The molecule has 0 spiro atoms. The molecule has 5 heteroatoms. The maximum absolute atomic E-state index is 13.7. The van der Waals surface area contributed by atoms with E-state index in [1.807, 2.05) is 18.7 Å². The van der Waals surface area contributed by atoms with E-state index in [9.17, 15) is 4.39 Å². The van der Waals surface area contributed by atoms with Crippen LogP contribution in [0, 0.1) is 5.82 Å². The number of hydrogen-bond donors (Lipinski definition) is 1. The predicted molar refractivity (Wildman–Crippen MR) is 69.1 cm³/mol. The summed E-state index contributed by atoms with van der Waals surface area (Å²) in [5.74, 6) is 0.365. The Bertz CT molecular complexity index is 537. The fourth-order valence-electron chi connectivity index (χ4n) is 1.70. The Balaban J connectivity index is 2.53. The lowest BCUT2D eigenvalue weighted by molar-refractivity contribution is 0.628. The van der Waals surface area contributed by atoms with Gasteiger partial charge >= 0.3 is 0 Å². The van der Waals surface area contributed by atoms with Crippen molar-refractivity contribution in [1.29, 1.82) is 0 Å². The molecule has 0 aliphatic rings. The van der Waals surface area contributed by atoms with Crippen molar-refractivity contribution < 1.29 is 4.39 Å². The van der Waals surface area contributed by atoms with E-state index in [-0.39, 0.29) is 5.82 Å². The lowest BCUT2D eigenvalue weighted by Crippen LogP contribution is -2.05. The Hall–Kier alpha value is -1.20. The Morgan fingerprint density at radius 1 is 1.41 bits per heavy atom. The van der Waals surface area contributed by atoms with E-state index in [0.29, 0.717) is 17.9 Å². The van der Waals surface area contributed by atoms with E-state index in [2.05, 4.69) is 26.2 Å². The third-order valence-corrected chi connectivity index (χ3v) is 3.54. The van der Waals surface area contributed by atoms with E-state index in [1.165, 1.54) is 6.07 Å². The van der Waals surface area contributed by atoms with Gasteiger partial charge in [0.15, 0.2) is 0 Å². The third-order valence-electron chi connectivity index (χ3n) is 2.55. The summed E-state index contributed by atoms with van der Waals surface area (Å²) >= 11 is 3.46. The molecule has 2 rings (SSSR count). The van der Waals surface area contributed by atoms with Crippen molar-refractivity contribution in [3.05, 3.63) is 40.4 Å². The smallest absolute Gasteiger partial charge is 0.143 e. The van der Waals surface area contributed by atoms with Crippen molar-refractivity contribution in [2.45, 2.75) is 6.54 Å². The molecule has 0 saturated heterocycles. The third kappa shape index (κ3) is 2.25. The summed E-state index contributed by atoms with van der Waals surface area (Å²) in [7, 11) is 3.71. The zero-order valence-corrected chi connectivity index (χ0v) is 11.3. The number of benzene rings is 1. The number of imidazole rings is 1. The Morgan fingerprint density at radius 3 is 2.76 bits per heavy atom. The molecule has 0 saturated carbocycles. The molecule has 0 aliphatic carbocycles. The van der Waals surface area contributed by atoms with Crippen molar-refractivity contribution >= 4 is 15.9 Å².